The Morgan fingerprint density at radius 3 is 2.71 bits per heavy atom. The molecule has 1 heterocycles. The van der Waals surface area contributed by atoms with Gasteiger partial charge in [0.05, 0.1) is 4.47 Å². The molecule has 1 aromatic carbocycles. The van der Waals surface area contributed by atoms with Crippen molar-refractivity contribution in [1.82, 2.24) is 4.98 Å². The maximum absolute atomic E-state index is 12.9. The Morgan fingerprint density at radius 2 is 2.00 bits per heavy atom. The molecular formula is C12H8Br2FNO. The summed E-state index contributed by atoms with van der Waals surface area (Å²) in [5.74, 6) is 0.305. The summed E-state index contributed by atoms with van der Waals surface area (Å²) in [7, 11) is 0. The topological polar surface area (TPSA) is 22.1 Å². The van der Waals surface area contributed by atoms with Crippen LogP contribution in [0.5, 0.6) is 5.75 Å². The van der Waals surface area contributed by atoms with Gasteiger partial charge in [0.25, 0.3) is 0 Å². The first-order chi connectivity index (χ1) is 8.15. The first-order valence-electron chi connectivity index (χ1n) is 4.82. The summed E-state index contributed by atoms with van der Waals surface area (Å²) in [6.45, 7) is 0.386. The van der Waals surface area contributed by atoms with E-state index in [1.54, 1.807) is 18.5 Å². The summed E-state index contributed by atoms with van der Waals surface area (Å²) in [6.07, 6.45) is 3.43. The zero-order valence-corrected chi connectivity index (χ0v) is 11.8. The molecule has 88 valence electrons. The average Bonchev–Trinajstić information content (AvgIpc) is 2.28. The van der Waals surface area contributed by atoms with E-state index in [9.17, 15) is 4.39 Å². The van der Waals surface area contributed by atoms with Gasteiger partial charge in [0.2, 0.25) is 0 Å². The molecule has 17 heavy (non-hydrogen) atoms. The maximum Gasteiger partial charge on any atom is 0.134 e. The fourth-order valence-electron chi connectivity index (χ4n) is 1.29. The third-order valence-electron chi connectivity index (χ3n) is 2.05. The predicted molar refractivity (Wildman–Crippen MR) is 70.4 cm³/mol. The summed E-state index contributed by atoms with van der Waals surface area (Å²) in [5, 5.41) is 0. The summed E-state index contributed by atoms with van der Waals surface area (Å²) >= 11 is 6.58. The van der Waals surface area contributed by atoms with Gasteiger partial charge < -0.3 is 4.74 Å². The fourth-order valence-corrected chi connectivity index (χ4v) is 2.17. The molecule has 0 amide bonds. The Balaban J connectivity index is 2.07. The lowest BCUT2D eigenvalue weighted by atomic mass is 10.3. The lowest BCUT2D eigenvalue weighted by Gasteiger charge is -2.08. The van der Waals surface area contributed by atoms with Crippen molar-refractivity contribution < 1.29 is 9.13 Å². The van der Waals surface area contributed by atoms with Crippen LogP contribution in [0.25, 0.3) is 0 Å². The number of halogens is 3. The number of rotatable bonds is 3. The van der Waals surface area contributed by atoms with Crippen molar-refractivity contribution in [3.05, 3.63) is 57.0 Å². The Hall–Kier alpha value is -0.940. The van der Waals surface area contributed by atoms with Crippen molar-refractivity contribution in [2.24, 2.45) is 0 Å². The second kappa shape index (κ2) is 5.60. The molecule has 0 spiro atoms. The van der Waals surface area contributed by atoms with Crippen LogP contribution in [-0.4, -0.2) is 4.98 Å². The summed E-state index contributed by atoms with van der Waals surface area (Å²) in [5.41, 5.74) is 0.940. The monoisotopic (exact) mass is 359 g/mol. The number of nitrogens with zero attached hydrogens (tertiary/aromatic N) is 1. The molecule has 0 saturated heterocycles. The smallest absolute Gasteiger partial charge is 0.134 e. The van der Waals surface area contributed by atoms with Gasteiger partial charge >= 0.3 is 0 Å². The Labute approximate surface area is 115 Å². The minimum Gasteiger partial charge on any atom is -0.488 e. The van der Waals surface area contributed by atoms with Crippen molar-refractivity contribution in [2.45, 2.75) is 6.61 Å². The lowest BCUT2D eigenvalue weighted by Crippen LogP contribution is -1.97. The van der Waals surface area contributed by atoms with Crippen LogP contribution in [0.3, 0.4) is 0 Å². The third-order valence-corrected chi connectivity index (χ3v) is 3.10. The fraction of sp³-hybridized carbons (Fsp3) is 0.0833. The highest BCUT2D eigenvalue weighted by Crippen LogP contribution is 2.26. The van der Waals surface area contributed by atoms with Crippen LogP contribution in [0.2, 0.25) is 0 Å². The van der Waals surface area contributed by atoms with Crippen LogP contribution in [0, 0.1) is 5.82 Å². The lowest BCUT2D eigenvalue weighted by molar-refractivity contribution is 0.303. The van der Waals surface area contributed by atoms with E-state index in [0.717, 1.165) is 10.0 Å². The van der Waals surface area contributed by atoms with Gasteiger partial charge in [0.1, 0.15) is 18.2 Å². The second-order valence-corrected chi connectivity index (χ2v) is 5.14. The van der Waals surface area contributed by atoms with E-state index in [1.807, 2.05) is 6.07 Å². The number of ether oxygens (including phenoxy) is 1. The molecule has 0 atom stereocenters. The number of hydrogen-bond acceptors (Lipinski definition) is 2. The van der Waals surface area contributed by atoms with Crippen molar-refractivity contribution in [2.75, 3.05) is 0 Å². The Kier molecular flexibility index (Phi) is 4.12. The van der Waals surface area contributed by atoms with Crippen molar-refractivity contribution in [1.29, 1.82) is 0 Å². The molecule has 0 aliphatic carbocycles. The zero-order valence-electron chi connectivity index (χ0n) is 8.66. The van der Waals surface area contributed by atoms with Crippen LogP contribution in [0.4, 0.5) is 4.39 Å². The molecule has 0 aliphatic rings. The van der Waals surface area contributed by atoms with Gasteiger partial charge in [-0.3, -0.25) is 4.98 Å². The van der Waals surface area contributed by atoms with Crippen molar-refractivity contribution >= 4 is 31.9 Å². The van der Waals surface area contributed by atoms with Gasteiger partial charge in [-0.15, -0.1) is 0 Å². The normalized spacial score (nSPS) is 10.3. The molecule has 0 unspecified atom stereocenters. The van der Waals surface area contributed by atoms with Crippen LogP contribution in [-0.2, 0) is 6.61 Å². The molecule has 2 nitrogen and oxygen atoms in total. The van der Waals surface area contributed by atoms with Gasteiger partial charge in [-0.05, 0) is 56.1 Å². The molecule has 0 N–H and O–H groups in total. The van der Waals surface area contributed by atoms with E-state index in [2.05, 4.69) is 36.8 Å². The predicted octanol–water partition coefficient (Wildman–Crippen LogP) is 4.32. The number of hydrogen-bond donors (Lipinski definition) is 0. The van der Waals surface area contributed by atoms with E-state index in [0.29, 0.717) is 16.8 Å². The van der Waals surface area contributed by atoms with Crippen LogP contribution in [0.1, 0.15) is 5.56 Å². The standard InChI is InChI=1S/C12H8Br2FNO/c13-9-3-8(5-16-6-9)7-17-12-2-1-10(15)4-11(12)14/h1-6H,7H2. The molecule has 0 saturated carbocycles. The van der Waals surface area contributed by atoms with Crippen LogP contribution < -0.4 is 4.74 Å². The molecule has 2 rings (SSSR count). The molecule has 0 radical (unpaired) electrons. The SMILES string of the molecule is Fc1ccc(OCc2cncc(Br)c2)c(Br)c1. The first kappa shape index (κ1) is 12.5. The summed E-state index contributed by atoms with van der Waals surface area (Å²) in [6, 6.07) is 6.24. The first-order valence-corrected chi connectivity index (χ1v) is 6.41. The van der Waals surface area contributed by atoms with E-state index in [-0.39, 0.29) is 5.82 Å². The van der Waals surface area contributed by atoms with E-state index in [1.165, 1.54) is 12.1 Å². The third kappa shape index (κ3) is 3.51. The summed E-state index contributed by atoms with van der Waals surface area (Å²) < 4.78 is 19.9. The van der Waals surface area contributed by atoms with Crippen LogP contribution >= 0.6 is 31.9 Å². The zero-order chi connectivity index (χ0) is 12.3. The molecule has 2 aromatic rings. The average molecular weight is 361 g/mol. The Morgan fingerprint density at radius 1 is 1.18 bits per heavy atom. The molecule has 1 aromatic heterocycles. The highest BCUT2D eigenvalue weighted by atomic mass is 79.9. The largest absolute Gasteiger partial charge is 0.488 e. The number of benzene rings is 1. The van der Waals surface area contributed by atoms with Crippen molar-refractivity contribution in [3.63, 3.8) is 0 Å². The van der Waals surface area contributed by atoms with E-state index in [4.69, 9.17) is 4.74 Å². The minimum atomic E-state index is -0.298. The molecule has 0 fully saturated rings. The van der Waals surface area contributed by atoms with Crippen molar-refractivity contribution in [3.8, 4) is 5.75 Å². The van der Waals surface area contributed by atoms with E-state index < -0.39 is 0 Å². The quantitative estimate of drug-likeness (QED) is 0.812. The van der Waals surface area contributed by atoms with Gasteiger partial charge in [0.15, 0.2) is 0 Å². The Bertz CT molecular complexity index is 534. The van der Waals surface area contributed by atoms with E-state index >= 15 is 0 Å². The van der Waals surface area contributed by atoms with Crippen LogP contribution in [0.15, 0.2) is 45.6 Å². The summed E-state index contributed by atoms with van der Waals surface area (Å²) in [4.78, 5) is 4.03. The minimum absolute atomic E-state index is 0.298. The molecular weight excluding hydrogens is 353 g/mol. The number of pyridine rings is 1. The van der Waals surface area contributed by atoms with Gasteiger partial charge in [0, 0.05) is 22.4 Å². The molecule has 0 aliphatic heterocycles. The van der Waals surface area contributed by atoms with Gasteiger partial charge in [-0.2, -0.15) is 0 Å². The molecule has 0 bridgehead atoms. The second-order valence-electron chi connectivity index (χ2n) is 3.37. The van der Waals surface area contributed by atoms with Gasteiger partial charge in [-0.1, -0.05) is 0 Å². The number of aromatic nitrogens is 1. The van der Waals surface area contributed by atoms with Gasteiger partial charge in [-0.25, -0.2) is 4.39 Å². The highest BCUT2D eigenvalue weighted by Gasteiger charge is 2.03. The maximum atomic E-state index is 12.9. The molecule has 5 heteroatoms. The highest BCUT2D eigenvalue weighted by molar-refractivity contribution is 9.10.